The van der Waals surface area contributed by atoms with E-state index in [9.17, 15) is 13.2 Å². The number of alkyl halides is 3. The van der Waals surface area contributed by atoms with Gasteiger partial charge in [0.05, 0.1) is 0 Å². The standard InChI is InChI=1S/C6H6.C2H3F3.CH5N.Li.H/c1-2-4-6-5-3-1;1-2(3,4)5;1-2;;/h1-6H;1H3;2H2,1H3;;/q;;;+1;-1. The molecule has 0 aromatic heterocycles. The van der Waals surface area contributed by atoms with Gasteiger partial charge in [0.25, 0.3) is 0 Å². The van der Waals surface area contributed by atoms with Gasteiger partial charge >= 0.3 is 25.0 Å². The van der Waals surface area contributed by atoms with Gasteiger partial charge < -0.3 is 7.16 Å². The molecule has 1 aromatic rings. The number of halogens is 3. The van der Waals surface area contributed by atoms with Crippen LogP contribution in [0.3, 0.4) is 0 Å². The van der Waals surface area contributed by atoms with E-state index >= 15 is 0 Å². The molecule has 0 atom stereocenters. The van der Waals surface area contributed by atoms with Crippen molar-refractivity contribution < 1.29 is 33.5 Å². The fraction of sp³-hybridized carbons (Fsp3) is 0.333. The van der Waals surface area contributed by atoms with E-state index in [1.165, 1.54) is 7.05 Å². The summed E-state index contributed by atoms with van der Waals surface area (Å²) in [5.74, 6) is 0. The van der Waals surface area contributed by atoms with Crippen LogP contribution in [0.25, 0.3) is 0 Å². The normalized spacial score (nSPS) is 8.14. The first-order valence-electron chi connectivity index (χ1n) is 3.64. The molecule has 0 bridgehead atoms. The Morgan fingerprint density at radius 3 is 1.00 bits per heavy atom. The molecule has 1 aromatic carbocycles. The van der Waals surface area contributed by atoms with E-state index in [1.54, 1.807) is 0 Å². The summed E-state index contributed by atoms with van der Waals surface area (Å²) in [4.78, 5) is 0. The van der Waals surface area contributed by atoms with Crippen LogP contribution < -0.4 is 24.6 Å². The molecule has 0 radical (unpaired) electrons. The van der Waals surface area contributed by atoms with Crippen LogP contribution in [0.5, 0.6) is 0 Å². The van der Waals surface area contributed by atoms with Gasteiger partial charge in [-0.15, -0.1) is 0 Å². The first-order chi connectivity index (χ1) is 6.00. The fourth-order valence-electron chi connectivity index (χ4n) is 0.385. The van der Waals surface area contributed by atoms with E-state index in [0.29, 0.717) is 0 Å². The minimum atomic E-state index is -4.00. The predicted octanol–water partition coefficient (Wildman–Crippen LogP) is -0.0534. The average Bonchev–Trinajstić information content (AvgIpc) is 2.08. The molecule has 0 saturated carbocycles. The first kappa shape index (κ1) is 19.2. The molecule has 78 valence electrons. The van der Waals surface area contributed by atoms with Gasteiger partial charge in [-0.3, -0.25) is 0 Å². The molecule has 1 nitrogen and oxygen atoms in total. The van der Waals surface area contributed by atoms with E-state index in [1.807, 2.05) is 36.4 Å². The molecule has 5 heteroatoms. The zero-order valence-corrected chi connectivity index (χ0v) is 8.68. The average molecular weight is 201 g/mol. The quantitative estimate of drug-likeness (QED) is 0.585. The topological polar surface area (TPSA) is 26.0 Å². The van der Waals surface area contributed by atoms with Gasteiger partial charge in [-0.1, -0.05) is 36.4 Å². The third-order valence-corrected chi connectivity index (χ3v) is 0.667. The minimum Gasteiger partial charge on any atom is -1.00 e. The van der Waals surface area contributed by atoms with Gasteiger partial charge in [-0.05, 0) is 7.05 Å². The van der Waals surface area contributed by atoms with E-state index in [4.69, 9.17) is 0 Å². The van der Waals surface area contributed by atoms with Crippen molar-refractivity contribution in [3.05, 3.63) is 36.4 Å². The predicted molar refractivity (Wildman–Crippen MR) is 49.4 cm³/mol. The van der Waals surface area contributed by atoms with Crippen LogP contribution in [0, 0.1) is 0 Å². The Morgan fingerprint density at radius 1 is 0.857 bits per heavy atom. The van der Waals surface area contributed by atoms with E-state index < -0.39 is 6.18 Å². The molecule has 0 amide bonds. The second-order valence-electron chi connectivity index (χ2n) is 1.94. The van der Waals surface area contributed by atoms with Gasteiger partial charge in [0.2, 0.25) is 0 Å². The monoisotopic (exact) mass is 201 g/mol. The molecule has 0 aliphatic heterocycles. The Hall–Kier alpha value is -0.433. The van der Waals surface area contributed by atoms with Crippen LogP contribution in [0.15, 0.2) is 36.4 Å². The SMILES string of the molecule is CC(F)(F)F.CN.[H-].[Li+].c1ccccc1. The maximum Gasteiger partial charge on any atom is 1.00 e. The van der Waals surface area contributed by atoms with Crippen molar-refractivity contribution in [1.29, 1.82) is 0 Å². The summed E-state index contributed by atoms with van der Waals surface area (Å²) in [7, 11) is 1.50. The molecule has 14 heavy (non-hydrogen) atoms. The minimum absolute atomic E-state index is 0. The van der Waals surface area contributed by atoms with Crippen LogP contribution in [0.1, 0.15) is 8.35 Å². The molecule has 0 saturated heterocycles. The van der Waals surface area contributed by atoms with Crippen LogP contribution >= 0.6 is 0 Å². The maximum absolute atomic E-state index is 10.4. The van der Waals surface area contributed by atoms with Crippen molar-refractivity contribution >= 4 is 0 Å². The smallest absolute Gasteiger partial charge is 1.00 e. The number of benzene rings is 1. The van der Waals surface area contributed by atoms with Crippen LogP contribution in [0.4, 0.5) is 13.2 Å². The molecule has 1 rings (SSSR count). The molecule has 0 fully saturated rings. The summed E-state index contributed by atoms with van der Waals surface area (Å²) in [6.07, 6.45) is -4.00. The van der Waals surface area contributed by atoms with Gasteiger partial charge in [0.15, 0.2) is 0 Å². The van der Waals surface area contributed by atoms with E-state index in [0.717, 1.165) is 0 Å². The summed E-state index contributed by atoms with van der Waals surface area (Å²) < 4.78 is 31.1. The van der Waals surface area contributed by atoms with E-state index in [-0.39, 0.29) is 27.2 Å². The molecule has 0 spiro atoms. The zero-order chi connectivity index (χ0) is 10.7. The maximum atomic E-state index is 10.4. The van der Waals surface area contributed by atoms with Crippen molar-refractivity contribution in [2.24, 2.45) is 5.73 Å². The van der Waals surface area contributed by atoms with Gasteiger partial charge in [0.1, 0.15) is 0 Å². The first-order valence-corrected chi connectivity index (χ1v) is 3.64. The van der Waals surface area contributed by atoms with Crippen LogP contribution in [-0.2, 0) is 0 Å². The van der Waals surface area contributed by atoms with Crippen molar-refractivity contribution in [2.75, 3.05) is 7.05 Å². The Labute approximate surface area is 96.2 Å². The third kappa shape index (κ3) is 41.7. The van der Waals surface area contributed by atoms with Crippen LogP contribution in [0.2, 0.25) is 0 Å². The number of hydrogen-bond donors (Lipinski definition) is 1. The molecule has 0 aliphatic rings. The van der Waals surface area contributed by atoms with Crippen LogP contribution in [-0.4, -0.2) is 13.2 Å². The molecular weight excluding hydrogens is 186 g/mol. The van der Waals surface area contributed by atoms with Gasteiger partial charge in [-0.2, -0.15) is 13.2 Å². The molecule has 2 N–H and O–H groups in total. The molecule has 0 unspecified atom stereocenters. The third-order valence-electron chi connectivity index (χ3n) is 0.667. The summed E-state index contributed by atoms with van der Waals surface area (Å²) in [6.45, 7) is 0.188. The largest absolute Gasteiger partial charge is 1.00 e. The Kier molecular flexibility index (Phi) is 17.2. The summed E-state index contributed by atoms with van der Waals surface area (Å²) in [5.41, 5.74) is 4.50. The number of hydrogen-bond acceptors (Lipinski definition) is 1. The summed E-state index contributed by atoms with van der Waals surface area (Å²) in [5, 5.41) is 0. The Morgan fingerprint density at radius 2 is 0.929 bits per heavy atom. The number of nitrogens with two attached hydrogens (primary N) is 1. The second-order valence-corrected chi connectivity index (χ2v) is 1.94. The fourth-order valence-corrected chi connectivity index (χ4v) is 0.385. The molecule has 0 aliphatic carbocycles. The van der Waals surface area contributed by atoms with E-state index in [2.05, 4.69) is 5.73 Å². The second kappa shape index (κ2) is 12.6. The number of rotatable bonds is 0. The summed E-state index contributed by atoms with van der Waals surface area (Å²) >= 11 is 0. The zero-order valence-electron chi connectivity index (χ0n) is 9.68. The molecule has 0 heterocycles. The summed E-state index contributed by atoms with van der Waals surface area (Å²) in [6, 6.07) is 12.0. The Balaban J connectivity index is -0.0000000629. The van der Waals surface area contributed by atoms with Gasteiger partial charge in [-0.25, -0.2) is 0 Å². The van der Waals surface area contributed by atoms with Crippen molar-refractivity contribution in [2.45, 2.75) is 13.1 Å². The molecular formula is C9H15F3LiN. The van der Waals surface area contributed by atoms with Crippen molar-refractivity contribution in [3.8, 4) is 0 Å². The van der Waals surface area contributed by atoms with Crippen molar-refractivity contribution in [3.63, 3.8) is 0 Å². The van der Waals surface area contributed by atoms with Crippen molar-refractivity contribution in [1.82, 2.24) is 0 Å². The van der Waals surface area contributed by atoms with Gasteiger partial charge in [0, 0.05) is 6.92 Å². The Bertz CT molecular complexity index is 150.